The molecule has 1 fully saturated rings. The summed E-state index contributed by atoms with van der Waals surface area (Å²) in [5, 5.41) is 12.3. The number of furan rings is 1. The van der Waals surface area contributed by atoms with Gasteiger partial charge in [0.15, 0.2) is 5.16 Å². The minimum Gasteiger partial charge on any atom is -0.467 e. The van der Waals surface area contributed by atoms with Crippen LogP contribution in [0.25, 0.3) is 0 Å². The molecule has 1 saturated heterocycles. The molecule has 158 valence electrons. The predicted octanol–water partition coefficient (Wildman–Crippen LogP) is 4.17. The molecular weight excluding hydrogens is 405 g/mol. The zero-order valence-corrected chi connectivity index (χ0v) is 17.4. The van der Waals surface area contributed by atoms with Crippen LogP contribution in [0.3, 0.4) is 0 Å². The lowest BCUT2D eigenvalue weighted by molar-refractivity contribution is -0.115. The average molecular weight is 430 g/mol. The van der Waals surface area contributed by atoms with Crippen LogP contribution in [0.5, 0.6) is 0 Å². The highest BCUT2D eigenvalue weighted by atomic mass is 32.2. The molecular formula is C21H24FN5O2S. The number of aromatic nitrogens is 3. The Morgan fingerprint density at radius 1 is 1.17 bits per heavy atom. The van der Waals surface area contributed by atoms with Crippen molar-refractivity contribution >= 4 is 29.3 Å². The number of amides is 1. The van der Waals surface area contributed by atoms with Crippen molar-refractivity contribution in [3.05, 3.63) is 54.2 Å². The number of thioether (sulfide) groups is 1. The minimum absolute atomic E-state index is 0.165. The van der Waals surface area contributed by atoms with Gasteiger partial charge in [0.1, 0.15) is 11.6 Å². The highest BCUT2D eigenvalue weighted by molar-refractivity contribution is 7.99. The van der Waals surface area contributed by atoms with E-state index in [0.29, 0.717) is 18.0 Å². The first-order chi connectivity index (χ1) is 14.7. The van der Waals surface area contributed by atoms with Gasteiger partial charge in [0.25, 0.3) is 0 Å². The van der Waals surface area contributed by atoms with Gasteiger partial charge in [-0.25, -0.2) is 4.39 Å². The molecule has 0 unspecified atom stereocenters. The molecule has 0 atom stereocenters. The molecule has 7 nitrogen and oxygen atoms in total. The molecule has 9 heteroatoms. The third kappa shape index (κ3) is 5.21. The van der Waals surface area contributed by atoms with Gasteiger partial charge in [0.05, 0.1) is 12.8 Å². The molecule has 0 spiro atoms. The van der Waals surface area contributed by atoms with Crippen LogP contribution < -0.4 is 10.2 Å². The average Bonchev–Trinajstić information content (AvgIpc) is 3.39. The van der Waals surface area contributed by atoms with E-state index in [0.717, 1.165) is 42.8 Å². The first kappa shape index (κ1) is 20.5. The Bertz CT molecular complexity index is 970. The van der Waals surface area contributed by atoms with Gasteiger partial charge in [-0.1, -0.05) is 17.8 Å². The summed E-state index contributed by atoms with van der Waals surface area (Å²) < 4.78 is 20.8. The summed E-state index contributed by atoms with van der Waals surface area (Å²) in [4.78, 5) is 14.5. The van der Waals surface area contributed by atoms with E-state index in [-0.39, 0.29) is 18.1 Å². The second-order valence-electron chi connectivity index (χ2n) is 7.15. The maximum absolute atomic E-state index is 13.3. The SMILES string of the molecule is O=C(CCSc1nnc(N2CCCCC2)n1Cc1ccco1)Nc1cccc(F)c1. The van der Waals surface area contributed by atoms with E-state index in [1.165, 1.54) is 30.3 Å². The smallest absolute Gasteiger partial charge is 0.228 e. The monoisotopic (exact) mass is 429 g/mol. The van der Waals surface area contributed by atoms with Crippen molar-refractivity contribution in [1.29, 1.82) is 0 Å². The number of piperidine rings is 1. The summed E-state index contributed by atoms with van der Waals surface area (Å²) in [7, 11) is 0. The van der Waals surface area contributed by atoms with Gasteiger partial charge in [0, 0.05) is 31.0 Å². The Morgan fingerprint density at radius 3 is 2.80 bits per heavy atom. The van der Waals surface area contributed by atoms with Crippen LogP contribution in [-0.4, -0.2) is 39.5 Å². The van der Waals surface area contributed by atoms with Gasteiger partial charge in [-0.2, -0.15) is 0 Å². The fourth-order valence-electron chi connectivity index (χ4n) is 3.44. The van der Waals surface area contributed by atoms with Crippen LogP contribution in [0.15, 0.2) is 52.2 Å². The van der Waals surface area contributed by atoms with E-state index in [4.69, 9.17) is 4.42 Å². The predicted molar refractivity (Wildman–Crippen MR) is 114 cm³/mol. The number of hydrogen-bond donors (Lipinski definition) is 1. The molecule has 1 N–H and O–H groups in total. The summed E-state index contributed by atoms with van der Waals surface area (Å²) in [5.74, 6) is 1.67. The number of carbonyl (C=O) groups excluding carboxylic acids is 1. The largest absolute Gasteiger partial charge is 0.467 e. The Labute approximate surface area is 178 Å². The molecule has 3 aromatic rings. The summed E-state index contributed by atoms with van der Waals surface area (Å²) in [6, 6.07) is 9.68. The first-order valence-corrected chi connectivity index (χ1v) is 11.1. The molecule has 1 aromatic carbocycles. The number of rotatable bonds is 8. The zero-order valence-electron chi connectivity index (χ0n) is 16.6. The van der Waals surface area contributed by atoms with E-state index in [1.807, 2.05) is 12.1 Å². The fourth-order valence-corrected chi connectivity index (χ4v) is 4.31. The van der Waals surface area contributed by atoms with Gasteiger partial charge >= 0.3 is 0 Å². The van der Waals surface area contributed by atoms with Crippen LogP contribution in [0.1, 0.15) is 31.4 Å². The summed E-state index contributed by atoms with van der Waals surface area (Å²) in [6.45, 7) is 2.48. The summed E-state index contributed by atoms with van der Waals surface area (Å²) >= 11 is 1.48. The third-order valence-corrected chi connectivity index (χ3v) is 5.87. The quantitative estimate of drug-likeness (QED) is 0.542. The topological polar surface area (TPSA) is 76.2 Å². The van der Waals surface area contributed by atoms with Crippen molar-refractivity contribution in [1.82, 2.24) is 14.8 Å². The molecule has 1 amide bonds. The van der Waals surface area contributed by atoms with E-state index < -0.39 is 0 Å². The lowest BCUT2D eigenvalue weighted by Gasteiger charge is -2.27. The van der Waals surface area contributed by atoms with E-state index in [1.54, 1.807) is 18.4 Å². The van der Waals surface area contributed by atoms with Crippen molar-refractivity contribution in [3.8, 4) is 0 Å². The molecule has 0 aliphatic carbocycles. The van der Waals surface area contributed by atoms with Crippen molar-refractivity contribution in [3.63, 3.8) is 0 Å². The van der Waals surface area contributed by atoms with Crippen LogP contribution in [0.4, 0.5) is 16.0 Å². The minimum atomic E-state index is -0.376. The Hall–Kier alpha value is -2.81. The molecule has 30 heavy (non-hydrogen) atoms. The van der Waals surface area contributed by atoms with Crippen molar-refractivity contribution < 1.29 is 13.6 Å². The van der Waals surface area contributed by atoms with Gasteiger partial charge in [0.2, 0.25) is 11.9 Å². The second-order valence-corrected chi connectivity index (χ2v) is 8.21. The van der Waals surface area contributed by atoms with E-state index >= 15 is 0 Å². The second kappa shape index (κ2) is 9.80. The summed E-state index contributed by atoms with van der Waals surface area (Å²) in [5.41, 5.74) is 0.457. The zero-order chi connectivity index (χ0) is 20.8. The Balaban J connectivity index is 1.40. The number of nitrogens with one attached hydrogen (secondary N) is 1. The molecule has 1 aliphatic rings. The maximum atomic E-state index is 13.3. The van der Waals surface area contributed by atoms with Crippen molar-refractivity contribution in [2.24, 2.45) is 0 Å². The van der Waals surface area contributed by atoms with E-state index in [2.05, 4.69) is 25.0 Å². The maximum Gasteiger partial charge on any atom is 0.228 e. The first-order valence-electron chi connectivity index (χ1n) is 10.1. The number of anilines is 2. The van der Waals surface area contributed by atoms with Crippen molar-refractivity contribution in [2.45, 2.75) is 37.4 Å². The lowest BCUT2D eigenvalue weighted by atomic mass is 10.1. The van der Waals surface area contributed by atoms with Gasteiger partial charge < -0.3 is 14.6 Å². The van der Waals surface area contributed by atoms with Gasteiger partial charge in [-0.3, -0.25) is 9.36 Å². The molecule has 2 aromatic heterocycles. The number of benzene rings is 1. The number of halogens is 1. The fraction of sp³-hybridized carbons (Fsp3) is 0.381. The number of nitrogens with zero attached hydrogens (tertiary/aromatic N) is 4. The number of hydrogen-bond acceptors (Lipinski definition) is 6. The third-order valence-electron chi connectivity index (χ3n) is 4.90. The molecule has 0 bridgehead atoms. The molecule has 0 saturated carbocycles. The highest BCUT2D eigenvalue weighted by Crippen LogP contribution is 2.26. The molecule has 3 heterocycles. The van der Waals surface area contributed by atoms with Crippen LogP contribution in [0, 0.1) is 5.82 Å². The molecule has 0 radical (unpaired) electrons. The van der Waals surface area contributed by atoms with Gasteiger partial charge in [-0.05, 0) is 49.6 Å². The Morgan fingerprint density at radius 2 is 2.03 bits per heavy atom. The highest BCUT2D eigenvalue weighted by Gasteiger charge is 2.21. The van der Waals surface area contributed by atoms with E-state index in [9.17, 15) is 9.18 Å². The lowest BCUT2D eigenvalue weighted by Crippen LogP contribution is -2.32. The van der Waals surface area contributed by atoms with Crippen LogP contribution in [-0.2, 0) is 11.3 Å². The van der Waals surface area contributed by atoms with Crippen LogP contribution in [0.2, 0.25) is 0 Å². The standard InChI is InChI=1S/C21H24FN5O2S/c22-16-6-4-7-17(14-16)23-19(28)9-13-30-21-25-24-20(26-10-2-1-3-11-26)27(21)15-18-8-5-12-29-18/h4-8,12,14H,1-3,9-11,13,15H2,(H,23,28). The summed E-state index contributed by atoms with van der Waals surface area (Å²) in [6.07, 6.45) is 5.48. The normalized spacial score (nSPS) is 14.1. The van der Waals surface area contributed by atoms with Crippen molar-refractivity contribution in [2.75, 3.05) is 29.1 Å². The molecule has 1 aliphatic heterocycles. The van der Waals surface area contributed by atoms with Gasteiger partial charge in [-0.15, -0.1) is 10.2 Å². The molecule has 4 rings (SSSR count). The number of carbonyl (C=O) groups is 1. The Kier molecular flexibility index (Phi) is 6.68. The van der Waals surface area contributed by atoms with Crippen LogP contribution >= 0.6 is 11.8 Å².